The first-order chi connectivity index (χ1) is 8.70. The summed E-state index contributed by atoms with van der Waals surface area (Å²) in [5, 5.41) is 3.49. The molecule has 1 N–H and O–H groups in total. The van der Waals surface area contributed by atoms with Crippen molar-refractivity contribution in [3.8, 4) is 0 Å². The summed E-state index contributed by atoms with van der Waals surface area (Å²) in [4.78, 5) is 2.62. The van der Waals surface area contributed by atoms with Gasteiger partial charge in [-0.05, 0) is 45.8 Å². The van der Waals surface area contributed by atoms with Gasteiger partial charge in [0.25, 0.3) is 0 Å². The van der Waals surface area contributed by atoms with Crippen molar-refractivity contribution in [2.75, 3.05) is 20.1 Å². The van der Waals surface area contributed by atoms with Gasteiger partial charge in [0.2, 0.25) is 0 Å². The number of nitrogens with zero attached hydrogens (tertiary/aromatic N) is 1. The van der Waals surface area contributed by atoms with Crippen molar-refractivity contribution in [2.45, 2.75) is 83.7 Å². The van der Waals surface area contributed by atoms with Gasteiger partial charge in [-0.3, -0.25) is 0 Å². The van der Waals surface area contributed by atoms with Gasteiger partial charge in [0.15, 0.2) is 0 Å². The molecular weight excluding hydrogens is 220 g/mol. The largest absolute Gasteiger partial charge is 0.315 e. The van der Waals surface area contributed by atoms with Gasteiger partial charge in [-0.2, -0.15) is 0 Å². The molecule has 1 saturated carbocycles. The van der Waals surface area contributed by atoms with Crippen molar-refractivity contribution in [1.29, 1.82) is 0 Å². The van der Waals surface area contributed by atoms with Crippen molar-refractivity contribution in [1.82, 2.24) is 10.2 Å². The molecule has 0 bridgehead atoms. The van der Waals surface area contributed by atoms with Crippen LogP contribution in [0.2, 0.25) is 0 Å². The summed E-state index contributed by atoms with van der Waals surface area (Å²) in [6.07, 6.45) is 12.8. The Kier molecular flexibility index (Phi) is 8.70. The minimum Gasteiger partial charge on any atom is -0.315 e. The monoisotopic (exact) mass is 254 g/mol. The Morgan fingerprint density at radius 3 is 2.33 bits per heavy atom. The Hall–Kier alpha value is -0.0800. The van der Waals surface area contributed by atoms with E-state index in [1.54, 1.807) is 0 Å². The third-order valence-corrected chi connectivity index (χ3v) is 4.19. The second-order valence-corrected chi connectivity index (χ2v) is 6.30. The standard InChI is InChI=1S/C16H34N2/c1-15(2)17-13-9-4-5-10-14-18(3)16-11-7-6-8-12-16/h15-17H,4-14H2,1-3H3. The van der Waals surface area contributed by atoms with Crippen LogP contribution >= 0.6 is 0 Å². The van der Waals surface area contributed by atoms with Crippen LogP contribution in [-0.4, -0.2) is 37.1 Å². The van der Waals surface area contributed by atoms with Gasteiger partial charge >= 0.3 is 0 Å². The van der Waals surface area contributed by atoms with E-state index in [-0.39, 0.29) is 0 Å². The number of unbranched alkanes of at least 4 members (excludes halogenated alkanes) is 3. The fourth-order valence-electron chi connectivity index (χ4n) is 2.93. The zero-order chi connectivity index (χ0) is 13.2. The maximum absolute atomic E-state index is 3.49. The summed E-state index contributed by atoms with van der Waals surface area (Å²) in [5.74, 6) is 0. The van der Waals surface area contributed by atoms with Gasteiger partial charge in [-0.1, -0.05) is 46.0 Å². The number of nitrogens with one attached hydrogen (secondary N) is 1. The van der Waals surface area contributed by atoms with E-state index in [1.807, 2.05) is 0 Å². The van der Waals surface area contributed by atoms with Crippen LogP contribution in [0.25, 0.3) is 0 Å². The summed E-state index contributed by atoms with van der Waals surface area (Å²) in [7, 11) is 2.33. The molecule has 0 saturated heterocycles. The van der Waals surface area contributed by atoms with Crippen LogP contribution in [0.15, 0.2) is 0 Å². The first-order valence-corrected chi connectivity index (χ1v) is 8.14. The Balaban J connectivity index is 1.90. The van der Waals surface area contributed by atoms with Crippen LogP contribution < -0.4 is 5.32 Å². The van der Waals surface area contributed by atoms with Crippen LogP contribution in [0, 0.1) is 0 Å². The maximum Gasteiger partial charge on any atom is 0.00922 e. The van der Waals surface area contributed by atoms with E-state index in [4.69, 9.17) is 0 Å². The predicted molar refractivity (Wildman–Crippen MR) is 81.1 cm³/mol. The Morgan fingerprint density at radius 2 is 1.67 bits per heavy atom. The maximum atomic E-state index is 3.49. The van der Waals surface area contributed by atoms with E-state index >= 15 is 0 Å². The fraction of sp³-hybridized carbons (Fsp3) is 1.00. The van der Waals surface area contributed by atoms with Crippen molar-refractivity contribution in [3.05, 3.63) is 0 Å². The summed E-state index contributed by atoms with van der Waals surface area (Å²) < 4.78 is 0. The normalized spacial score (nSPS) is 17.8. The van der Waals surface area contributed by atoms with E-state index < -0.39 is 0 Å². The molecule has 1 aliphatic carbocycles. The molecule has 0 atom stereocenters. The minimum absolute atomic E-state index is 0.641. The average molecular weight is 254 g/mol. The summed E-state index contributed by atoms with van der Waals surface area (Å²) >= 11 is 0. The van der Waals surface area contributed by atoms with Crippen molar-refractivity contribution in [2.24, 2.45) is 0 Å². The summed E-state index contributed by atoms with van der Waals surface area (Å²) in [6.45, 7) is 6.94. The van der Waals surface area contributed by atoms with E-state index in [9.17, 15) is 0 Å². The predicted octanol–water partition coefficient (Wildman–Crippen LogP) is 3.81. The molecule has 108 valence electrons. The van der Waals surface area contributed by atoms with Crippen molar-refractivity contribution >= 4 is 0 Å². The van der Waals surface area contributed by atoms with Gasteiger partial charge in [-0.15, -0.1) is 0 Å². The zero-order valence-electron chi connectivity index (χ0n) is 12.9. The first-order valence-electron chi connectivity index (χ1n) is 8.14. The zero-order valence-corrected chi connectivity index (χ0v) is 12.9. The number of rotatable bonds is 9. The molecule has 0 heterocycles. The van der Waals surface area contributed by atoms with Crippen molar-refractivity contribution < 1.29 is 0 Å². The first kappa shape index (κ1) is 16.0. The van der Waals surface area contributed by atoms with E-state index in [1.165, 1.54) is 70.9 Å². The van der Waals surface area contributed by atoms with Crippen LogP contribution in [0.3, 0.4) is 0 Å². The topological polar surface area (TPSA) is 15.3 Å². The molecule has 0 aliphatic heterocycles. The second-order valence-electron chi connectivity index (χ2n) is 6.30. The molecule has 0 aromatic heterocycles. The Morgan fingerprint density at radius 1 is 1.00 bits per heavy atom. The van der Waals surface area contributed by atoms with E-state index in [0.29, 0.717) is 6.04 Å². The quantitative estimate of drug-likeness (QED) is 0.629. The summed E-state index contributed by atoms with van der Waals surface area (Å²) in [6, 6.07) is 1.53. The molecule has 1 rings (SSSR count). The molecule has 1 aliphatic rings. The molecule has 0 unspecified atom stereocenters. The molecular formula is C16H34N2. The molecule has 0 aromatic rings. The molecule has 0 radical (unpaired) electrons. The highest BCUT2D eigenvalue weighted by molar-refractivity contribution is 4.73. The highest BCUT2D eigenvalue weighted by atomic mass is 15.1. The molecule has 2 heteroatoms. The van der Waals surface area contributed by atoms with E-state index in [2.05, 4.69) is 31.1 Å². The third kappa shape index (κ3) is 7.38. The number of hydrogen-bond donors (Lipinski definition) is 1. The lowest BCUT2D eigenvalue weighted by Gasteiger charge is -2.31. The molecule has 0 amide bonds. The lowest BCUT2D eigenvalue weighted by molar-refractivity contribution is 0.188. The van der Waals surface area contributed by atoms with Crippen LogP contribution in [0.5, 0.6) is 0 Å². The lowest BCUT2D eigenvalue weighted by atomic mass is 9.94. The highest BCUT2D eigenvalue weighted by Gasteiger charge is 2.16. The van der Waals surface area contributed by atoms with E-state index in [0.717, 1.165) is 6.04 Å². The van der Waals surface area contributed by atoms with Crippen LogP contribution in [0.4, 0.5) is 0 Å². The molecule has 1 fully saturated rings. The minimum atomic E-state index is 0.641. The summed E-state index contributed by atoms with van der Waals surface area (Å²) in [5.41, 5.74) is 0. The smallest absolute Gasteiger partial charge is 0.00922 e. The second kappa shape index (κ2) is 9.80. The van der Waals surface area contributed by atoms with Gasteiger partial charge < -0.3 is 10.2 Å². The SMILES string of the molecule is CC(C)NCCCCCCN(C)C1CCCCC1. The van der Waals surface area contributed by atoms with Crippen molar-refractivity contribution in [3.63, 3.8) is 0 Å². The molecule has 18 heavy (non-hydrogen) atoms. The number of hydrogen-bond acceptors (Lipinski definition) is 2. The third-order valence-electron chi connectivity index (χ3n) is 4.19. The van der Waals surface area contributed by atoms with Gasteiger partial charge in [0.05, 0.1) is 0 Å². The molecule has 2 nitrogen and oxygen atoms in total. The van der Waals surface area contributed by atoms with Gasteiger partial charge in [-0.25, -0.2) is 0 Å². The van der Waals surface area contributed by atoms with Crippen LogP contribution in [0.1, 0.15) is 71.6 Å². The Bertz CT molecular complexity index is 186. The highest BCUT2D eigenvalue weighted by Crippen LogP contribution is 2.21. The fourth-order valence-corrected chi connectivity index (χ4v) is 2.93. The Labute approximate surface area is 115 Å². The van der Waals surface area contributed by atoms with Gasteiger partial charge in [0.1, 0.15) is 0 Å². The lowest BCUT2D eigenvalue weighted by Crippen LogP contribution is -2.34. The average Bonchev–Trinajstić information content (AvgIpc) is 2.38. The molecule has 0 aromatic carbocycles. The van der Waals surface area contributed by atoms with Crippen LogP contribution in [-0.2, 0) is 0 Å². The molecule has 0 spiro atoms. The van der Waals surface area contributed by atoms with Gasteiger partial charge in [0, 0.05) is 12.1 Å².